The molecule has 2 aromatic rings. The fraction of sp³-hybridized carbons (Fsp3) is 0.560. The number of nitrogens with two attached hydrogens (primary N) is 9. The molecule has 0 unspecified atom stereocenters. The summed E-state index contributed by atoms with van der Waals surface area (Å²) in [6.45, 7) is 1.16. The van der Waals surface area contributed by atoms with E-state index in [4.69, 9.17) is 51.6 Å². The fourth-order valence-corrected chi connectivity index (χ4v) is 8.52. The van der Waals surface area contributed by atoms with E-state index in [-0.39, 0.29) is 108 Å². The van der Waals surface area contributed by atoms with Gasteiger partial charge < -0.3 is 110 Å². The van der Waals surface area contributed by atoms with Crippen molar-refractivity contribution in [2.45, 2.75) is 133 Å². The van der Waals surface area contributed by atoms with E-state index in [2.05, 4.69) is 72.8 Å². The van der Waals surface area contributed by atoms with Crippen molar-refractivity contribution >= 4 is 93.8 Å². The molecule has 2 heterocycles. The molecule has 84 heavy (non-hydrogen) atoms. The quantitative estimate of drug-likeness (QED) is 0.0279. The Morgan fingerprint density at radius 2 is 0.881 bits per heavy atom. The second-order valence-corrected chi connectivity index (χ2v) is 20.0. The molecule has 0 aliphatic carbocycles. The second-order valence-electron chi connectivity index (χ2n) is 20.0. The molecule has 464 valence electrons. The van der Waals surface area contributed by atoms with Gasteiger partial charge in [0.25, 0.3) is 0 Å². The molecule has 1 fully saturated rings. The van der Waals surface area contributed by atoms with Crippen LogP contribution in [0.15, 0.2) is 50.4 Å². The number of carbonyl (C=O) groups is 10. The van der Waals surface area contributed by atoms with Gasteiger partial charge in [0.1, 0.15) is 48.3 Å². The first-order valence-electron chi connectivity index (χ1n) is 27.1. The van der Waals surface area contributed by atoms with Crippen LogP contribution in [0.2, 0.25) is 0 Å². The number of aromatic amines is 1. The summed E-state index contributed by atoms with van der Waals surface area (Å²) in [6, 6.07) is -5.21. The lowest BCUT2D eigenvalue weighted by Gasteiger charge is -2.28. The molecule has 1 aliphatic heterocycles. The average molecular weight is 1180 g/mol. The SMILES string of the molecule is CC(C)[C@@H]1NC(=O)[C@H](CO)NC(=O)[C@H](CCCN=C(N)N)NC(=O)[C@H](CCCN=C(N)N)NC(=O)[C@H](CCCN=C(N)N)NC(=O)[C@H](CCCN=C(N)N)NC(=O)CNC(=O)[C@H](Cc2c[nH]c3ccccc23)NC(=O)[C@H](CCC(N)=O)NC1=O. The highest BCUT2D eigenvalue weighted by Crippen LogP contribution is 2.20. The number of nitrogens with zero attached hydrogens (tertiary/aromatic N) is 4. The van der Waals surface area contributed by atoms with Crippen LogP contribution < -0.4 is 99.5 Å². The molecule has 1 aliphatic rings. The van der Waals surface area contributed by atoms with Crippen molar-refractivity contribution in [2.75, 3.05) is 39.3 Å². The van der Waals surface area contributed by atoms with Crippen molar-refractivity contribution in [1.82, 2.24) is 52.8 Å². The Balaban J connectivity index is 2.25. The van der Waals surface area contributed by atoms with Crippen molar-refractivity contribution in [1.29, 1.82) is 0 Å². The minimum Gasteiger partial charge on any atom is -0.394 e. The van der Waals surface area contributed by atoms with Gasteiger partial charge in [-0.3, -0.25) is 67.9 Å². The number of aliphatic hydroxyl groups is 1. The number of benzene rings is 1. The molecule has 0 bridgehead atoms. The van der Waals surface area contributed by atoms with Crippen molar-refractivity contribution in [3.63, 3.8) is 0 Å². The first kappa shape index (κ1) is 68.8. The van der Waals surface area contributed by atoms with E-state index in [9.17, 15) is 53.1 Å². The van der Waals surface area contributed by atoms with Gasteiger partial charge in [0, 0.05) is 56.1 Å². The third-order valence-electron chi connectivity index (χ3n) is 12.9. The zero-order valence-electron chi connectivity index (χ0n) is 47.1. The van der Waals surface area contributed by atoms with Crippen LogP contribution in [0.3, 0.4) is 0 Å². The molecule has 3 rings (SSSR count). The fourth-order valence-electron chi connectivity index (χ4n) is 8.52. The van der Waals surface area contributed by atoms with Crippen LogP contribution in [0.4, 0.5) is 0 Å². The number of aromatic nitrogens is 1. The van der Waals surface area contributed by atoms with E-state index in [1.807, 2.05) is 0 Å². The van der Waals surface area contributed by atoms with Crippen molar-refractivity contribution in [2.24, 2.45) is 77.5 Å². The van der Waals surface area contributed by atoms with Crippen LogP contribution in [0.1, 0.15) is 83.6 Å². The number of fused-ring (bicyclic) bond motifs is 1. The summed E-state index contributed by atoms with van der Waals surface area (Å²) in [5.74, 6) is -11.4. The largest absolute Gasteiger partial charge is 0.394 e. The molecule has 34 heteroatoms. The van der Waals surface area contributed by atoms with E-state index in [1.165, 1.54) is 0 Å². The van der Waals surface area contributed by atoms with E-state index < -0.39 is 139 Å². The van der Waals surface area contributed by atoms with Gasteiger partial charge in [-0.15, -0.1) is 0 Å². The number of para-hydroxylation sites is 1. The minimum absolute atomic E-state index is 0.00714. The third kappa shape index (κ3) is 24.7. The summed E-state index contributed by atoms with van der Waals surface area (Å²) >= 11 is 0. The first-order chi connectivity index (χ1) is 39.8. The molecule has 0 saturated carbocycles. The number of hydrogen-bond donors (Lipinski definition) is 20. The molecule has 8 atom stereocenters. The Bertz CT molecular complexity index is 2710. The Kier molecular flexibility index (Phi) is 29.0. The Morgan fingerprint density at radius 1 is 0.500 bits per heavy atom. The number of rotatable bonds is 23. The van der Waals surface area contributed by atoms with Crippen molar-refractivity contribution in [3.05, 3.63) is 36.0 Å². The topological polar surface area (TPSA) is 599 Å². The van der Waals surface area contributed by atoms with Gasteiger partial charge in [0.2, 0.25) is 59.1 Å². The number of H-pyrrole nitrogens is 1. The summed E-state index contributed by atoms with van der Waals surface area (Å²) in [7, 11) is 0. The minimum atomic E-state index is -1.78. The van der Waals surface area contributed by atoms with Crippen molar-refractivity contribution in [3.8, 4) is 0 Å². The van der Waals surface area contributed by atoms with Gasteiger partial charge in [-0.1, -0.05) is 32.0 Å². The summed E-state index contributed by atoms with van der Waals surface area (Å²) < 4.78 is 0. The predicted octanol–water partition coefficient (Wildman–Crippen LogP) is -8.15. The molecule has 34 nitrogen and oxygen atoms in total. The zero-order valence-corrected chi connectivity index (χ0v) is 47.1. The van der Waals surface area contributed by atoms with Gasteiger partial charge in [-0.25, -0.2) is 0 Å². The summed E-state index contributed by atoms with van der Waals surface area (Å²) in [4.78, 5) is 159. The average Bonchev–Trinajstić information content (AvgIpc) is 3.89. The molecule has 1 saturated heterocycles. The maximum atomic E-state index is 14.5. The monoisotopic (exact) mass is 1180 g/mol. The number of carbonyl (C=O) groups excluding carboxylic acids is 10. The van der Waals surface area contributed by atoms with E-state index in [0.29, 0.717) is 16.5 Å². The zero-order chi connectivity index (χ0) is 62.5. The van der Waals surface area contributed by atoms with Gasteiger partial charge in [0.05, 0.1) is 13.2 Å². The number of aliphatic imine (C=N–C) groups is 4. The van der Waals surface area contributed by atoms with Gasteiger partial charge in [-0.05, 0) is 75.3 Å². The molecular formula is C50H83N23O11. The number of aliphatic hydroxyl groups excluding tert-OH is 1. The first-order valence-corrected chi connectivity index (χ1v) is 27.1. The van der Waals surface area contributed by atoms with Crippen LogP contribution >= 0.6 is 0 Å². The normalized spacial score (nSPS) is 22.0. The van der Waals surface area contributed by atoms with Crippen LogP contribution in [0, 0.1) is 5.92 Å². The number of guanidine groups is 4. The third-order valence-corrected chi connectivity index (χ3v) is 12.9. The lowest BCUT2D eigenvalue weighted by molar-refractivity contribution is -0.137. The predicted molar refractivity (Wildman–Crippen MR) is 310 cm³/mol. The molecule has 0 radical (unpaired) electrons. The number of nitrogens with one attached hydrogen (secondary N) is 10. The Morgan fingerprint density at radius 3 is 1.30 bits per heavy atom. The van der Waals surface area contributed by atoms with Crippen LogP contribution in [-0.4, -0.2) is 181 Å². The molecule has 1 aromatic heterocycles. The molecule has 0 spiro atoms. The number of amides is 10. The number of primary amides is 1. The highest BCUT2D eigenvalue weighted by molar-refractivity contribution is 5.99. The smallest absolute Gasteiger partial charge is 0.245 e. The molecule has 1 aromatic carbocycles. The standard InChI is InChI=1S/C50H83N23O11/c1-25(2)38-46(84)70-33(15-16-36(51)75)44(82)71-34(21-26-22-64-28-10-4-3-9-27(26)28)39(77)65-23-37(76)66-29(11-5-17-60-47(52)53)40(78)67-30(12-6-18-61-48(54)55)41(79)68-31(13-7-19-62-49(56)57)42(80)69-32(14-8-20-63-50(58)59)43(81)72-35(24-74)45(83)73-38/h3-4,9-10,22,25,29-35,38,64,74H,5-8,11-21,23-24H2,1-2H3,(H2,51,75)(H,65,77)(H,66,76)(H,67,78)(H,68,79)(H,69,80)(H,70,84)(H,71,82)(H,72,81)(H,73,83)(H4,52,53,60)(H4,54,55,61)(H4,56,57,62)(H4,58,59,63)/t29-,30-,31-,32-,33-,34-,35-,38-/m0/s1. The lowest BCUT2D eigenvalue weighted by Crippen LogP contribution is -2.61. The Labute approximate surface area is 484 Å². The number of hydrogen-bond acceptors (Lipinski definition) is 15. The molecule has 29 N–H and O–H groups in total. The highest BCUT2D eigenvalue weighted by Gasteiger charge is 2.36. The molecular weight excluding hydrogens is 1100 g/mol. The second kappa shape index (κ2) is 35.4. The Hall–Kier alpha value is -9.50. The summed E-state index contributed by atoms with van der Waals surface area (Å²) in [6.07, 6.45) is 0.189. The maximum absolute atomic E-state index is 14.5. The van der Waals surface area contributed by atoms with E-state index in [1.54, 1.807) is 44.3 Å². The summed E-state index contributed by atoms with van der Waals surface area (Å²) in [5, 5.41) is 34.1. The van der Waals surface area contributed by atoms with Gasteiger partial charge >= 0.3 is 0 Å². The van der Waals surface area contributed by atoms with E-state index >= 15 is 0 Å². The molecule has 10 amide bonds. The maximum Gasteiger partial charge on any atom is 0.245 e. The van der Waals surface area contributed by atoms with Gasteiger partial charge in [0.15, 0.2) is 23.8 Å². The highest BCUT2D eigenvalue weighted by atomic mass is 16.3. The summed E-state index contributed by atoms with van der Waals surface area (Å²) in [5.41, 5.74) is 50.9. The van der Waals surface area contributed by atoms with Crippen LogP contribution in [-0.2, 0) is 54.4 Å². The lowest BCUT2D eigenvalue weighted by atomic mass is 10.0. The van der Waals surface area contributed by atoms with Crippen molar-refractivity contribution < 1.29 is 53.1 Å². The van der Waals surface area contributed by atoms with E-state index in [0.717, 1.165) is 0 Å². The van der Waals surface area contributed by atoms with Gasteiger partial charge in [-0.2, -0.15) is 0 Å². The van der Waals surface area contributed by atoms with Crippen LogP contribution in [0.5, 0.6) is 0 Å². The van der Waals surface area contributed by atoms with Crippen LogP contribution in [0.25, 0.3) is 10.9 Å².